The Bertz CT molecular complexity index is 722. The van der Waals surface area contributed by atoms with Crippen molar-refractivity contribution in [2.24, 2.45) is 0 Å². The number of aromatic nitrogens is 2. The molecule has 1 aliphatic rings. The van der Waals surface area contributed by atoms with E-state index in [4.69, 9.17) is 16.8 Å². The third-order valence-corrected chi connectivity index (χ3v) is 3.49. The molecule has 0 bridgehead atoms. The summed E-state index contributed by atoms with van der Waals surface area (Å²) in [5.41, 5.74) is 4.02. The number of nitrogens with zero attached hydrogens (tertiary/aromatic N) is 3. The highest BCUT2D eigenvalue weighted by Crippen LogP contribution is 2.31. The number of rotatable bonds is 3. The Morgan fingerprint density at radius 3 is 3.00 bits per heavy atom. The number of anilines is 3. The molecule has 0 aliphatic carbocycles. The van der Waals surface area contributed by atoms with Crippen LogP contribution in [0.15, 0.2) is 24.4 Å². The second kappa shape index (κ2) is 5.19. The first kappa shape index (κ1) is 13.6. The van der Waals surface area contributed by atoms with Crippen LogP contribution in [0.1, 0.15) is 15.9 Å². The molecule has 0 fully saturated rings. The van der Waals surface area contributed by atoms with Gasteiger partial charge >= 0.3 is 0 Å². The summed E-state index contributed by atoms with van der Waals surface area (Å²) >= 11 is 6.03. The van der Waals surface area contributed by atoms with Crippen LogP contribution < -0.4 is 10.8 Å². The van der Waals surface area contributed by atoms with Gasteiger partial charge in [-0.05, 0) is 11.6 Å². The third kappa shape index (κ3) is 2.37. The molecule has 0 saturated heterocycles. The number of hydrogen-bond acceptors (Lipinski definition) is 6. The maximum Gasteiger partial charge on any atom is 0.256 e. The Balaban J connectivity index is 2.01. The van der Waals surface area contributed by atoms with Crippen LogP contribution in [0.25, 0.3) is 0 Å². The van der Waals surface area contributed by atoms with E-state index in [1.165, 1.54) is 6.20 Å². The van der Waals surface area contributed by atoms with Crippen molar-refractivity contribution >= 4 is 35.0 Å². The minimum absolute atomic E-state index is 0.0120. The first-order valence-electron chi connectivity index (χ1n) is 6.17. The van der Waals surface area contributed by atoms with Crippen LogP contribution >= 0.6 is 11.6 Å². The topological polar surface area (TPSA) is 90.4 Å². The molecule has 1 aliphatic heterocycles. The molecule has 21 heavy (non-hydrogen) atoms. The molecule has 1 amide bonds. The molecule has 0 radical (unpaired) electrons. The lowest BCUT2D eigenvalue weighted by atomic mass is 10.1. The van der Waals surface area contributed by atoms with Gasteiger partial charge in [-0.3, -0.25) is 10.0 Å². The van der Waals surface area contributed by atoms with Crippen molar-refractivity contribution in [1.29, 1.82) is 0 Å². The monoisotopic (exact) mass is 305 g/mol. The number of nitrogens with one attached hydrogen (secondary N) is 2. The SMILES string of the molecule is CN1Cc2cccc(Nc3nc(NO)ncc3Cl)c2C1=O. The van der Waals surface area contributed by atoms with Crippen molar-refractivity contribution in [3.8, 4) is 0 Å². The number of hydrogen-bond donors (Lipinski definition) is 3. The minimum Gasteiger partial charge on any atom is -0.338 e. The van der Waals surface area contributed by atoms with E-state index in [1.54, 1.807) is 18.0 Å². The first-order chi connectivity index (χ1) is 10.1. The van der Waals surface area contributed by atoms with Gasteiger partial charge in [0.2, 0.25) is 5.95 Å². The van der Waals surface area contributed by atoms with E-state index in [9.17, 15) is 4.79 Å². The Hall–Kier alpha value is -2.38. The lowest BCUT2D eigenvalue weighted by molar-refractivity contribution is 0.0817. The second-order valence-corrected chi connectivity index (χ2v) is 5.04. The van der Waals surface area contributed by atoms with Crippen LogP contribution in [0.5, 0.6) is 0 Å². The summed E-state index contributed by atoms with van der Waals surface area (Å²) in [4.78, 5) is 21.6. The molecule has 3 N–H and O–H groups in total. The van der Waals surface area contributed by atoms with Crippen LogP contribution in [0.4, 0.5) is 17.5 Å². The van der Waals surface area contributed by atoms with Crippen LogP contribution in [0, 0.1) is 0 Å². The highest BCUT2D eigenvalue weighted by Gasteiger charge is 2.27. The van der Waals surface area contributed by atoms with E-state index in [0.717, 1.165) is 5.56 Å². The number of amides is 1. The zero-order chi connectivity index (χ0) is 15.0. The molecular weight excluding hydrogens is 294 g/mol. The molecule has 0 unspecified atom stereocenters. The van der Waals surface area contributed by atoms with E-state index in [2.05, 4.69) is 15.3 Å². The van der Waals surface area contributed by atoms with Crippen molar-refractivity contribution in [3.63, 3.8) is 0 Å². The summed E-state index contributed by atoms with van der Waals surface area (Å²) in [6, 6.07) is 5.54. The van der Waals surface area contributed by atoms with E-state index in [-0.39, 0.29) is 16.9 Å². The van der Waals surface area contributed by atoms with Crippen LogP contribution in [0.2, 0.25) is 5.02 Å². The fourth-order valence-corrected chi connectivity index (χ4v) is 2.38. The number of benzene rings is 1. The fourth-order valence-electron chi connectivity index (χ4n) is 2.24. The van der Waals surface area contributed by atoms with Crippen molar-refractivity contribution in [1.82, 2.24) is 14.9 Å². The zero-order valence-electron chi connectivity index (χ0n) is 11.1. The standard InChI is InChI=1S/C13H12ClN5O2/c1-19-6-7-3-2-4-9(10(7)12(19)20)16-11-8(14)5-15-13(17-11)18-21/h2-5,21H,6H2,1H3,(H2,15,16,17,18). The Labute approximate surface area is 125 Å². The van der Waals surface area contributed by atoms with Gasteiger partial charge in [0.05, 0.1) is 17.4 Å². The predicted molar refractivity (Wildman–Crippen MR) is 78.0 cm³/mol. The molecule has 0 saturated carbocycles. The van der Waals surface area contributed by atoms with E-state index >= 15 is 0 Å². The molecule has 108 valence electrons. The summed E-state index contributed by atoms with van der Waals surface area (Å²) in [5.74, 6) is 0.260. The molecule has 8 heteroatoms. The molecule has 3 rings (SSSR count). The zero-order valence-corrected chi connectivity index (χ0v) is 11.8. The molecule has 1 aromatic heterocycles. The highest BCUT2D eigenvalue weighted by atomic mass is 35.5. The van der Waals surface area contributed by atoms with E-state index in [0.29, 0.717) is 23.6 Å². The average Bonchev–Trinajstić information content (AvgIpc) is 2.77. The lowest BCUT2D eigenvalue weighted by Crippen LogP contribution is -2.18. The van der Waals surface area contributed by atoms with Crippen LogP contribution in [-0.2, 0) is 6.54 Å². The normalized spacial score (nSPS) is 13.3. The number of carbonyl (C=O) groups excluding carboxylic acids is 1. The van der Waals surface area contributed by atoms with Gasteiger partial charge in [0.15, 0.2) is 5.82 Å². The van der Waals surface area contributed by atoms with Crippen molar-refractivity contribution in [3.05, 3.63) is 40.5 Å². The van der Waals surface area contributed by atoms with Gasteiger partial charge in [0.25, 0.3) is 5.91 Å². The van der Waals surface area contributed by atoms with Crippen molar-refractivity contribution < 1.29 is 10.0 Å². The summed E-state index contributed by atoms with van der Waals surface area (Å²) in [7, 11) is 1.75. The van der Waals surface area contributed by atoms with Gasteiger partial charge in [-0.2, -0.15) is 4.98 Å². The van der Waals surface area contributed by atoms with E-state index in [1.807, 2.05) is 17.6 Å². The fraction of sp³-hybridized carbons (Fsp3) is 0.154. The number of fused-ring (bicyclic) bond motifs is 1. The maximum atomic E-state index is 12.2. The first-order valence-corrected chi connectivity index (χ1v) is 6.55. The molecular formula is C13H12ClN5O2. The summed E-state index contributed by atoms with van der Waals surface area (Å²) in [5, 5.41) is 12.1. The molecule has 0 spiro atoms. The second-order valence-electron chi connectivity index (χ2n) is 4.63. The summed E-state index contributed by atoms with van der Waals surface area (Å²) in [6.45, 7) is 0.574. The van der Waals surface area contributed by atoms with Gasteiger partial charge in [0, 0.05) is 13.6 Å². The molecule has 2 heterocycles. The minimum atomic E-state index is -0.0567. The Morgan fingerprint density at radius 2 is 2.24 bits per heavy atom. The number of halogens is 1. The Kier molecular flexibility index (Phi) is 3.36. The molecule has 1 aromatic carbocycles. The molecule has 2 aromatic rings. The number of carbonyl (C=O) groups is 1. The van der Waals surface area contributed by atoms with Crippen molar-refractivity contribution in [2.75, 3.05) is 17.8 Å². The largest absolute Gasteiger partial charge is 0.338 e. The van der Waals surface area contributed by atoms with Crippen LogP contribution in [-0.4, -0.2) is 33.0 Å². The third-order valence-electron chi connectivity index (χ3n) is 3.22. The van der Waals surface area contributed by atoms with Gasteiger partial charge in [-0.1, -0.05) is 23.7 Å². The summed E-state index contributed by atoms with van der Waals surface area (Å²) in [6.07, 6.45) is 1.35. The summed E-state index contributed by atoms with van der Waals surface area (Å²) < 4.78 is 0. The average molecular weight is 306 g/mol. The molecule has 7 nitrogen and oxygen atoms in total. The lowest BCUT2D eigenvalue weighted by Gasteiger charge is -2.11. The smallest absolute Gasteiger partial charge is 0.256 e. The van der Waals surface area contributed by atoms with Gasteiger partial charge in [0.1, 0.15) is 5.02 Å². The Morgan fingerprint density at radius 1 is 1.43 bits per heavy atom. The van der Waals surface area contributed by atoms with E-state index < -0.39 is 0 Å². The highest BCUT2D eigenvalue weighted by molar-refractivity contribution is 6.33. The maximum absolute atomic E-state index is 12.2. The molecule has 0 atom stereocenters. The van der Waals surface area contributed by atoms with Crippen LogP contribution in [0.3, 0.4) is 0 Å². The van der Waals surface area contributed by atoms with Crippen molar-refractivity contribution in [2.45, 2.75) is 6.54 Å². The predicted octanol–water partition coefficient (Wildman–Crippen LogP) is 2.26. The van der Waals surface area contributed by atoms with Gasteiger partial charge in [-0.15, -0.1) is 0 Å². The van der Waals surface area contributed by atoms with Gasteiger partial charge < -0.3 is 10.2 Å². The quantitative estimate of drug-likeness (QED) is 0.754. The van der Waals surface area contributed by atoms with Gasteiger partial charge in [-0.25, -0.2) is 10.5 Å².